The third-order valence-electron chi connectivity index (χ3n) is 4.14. The van der Waals surface area contributed by atoms with Crippen molar-refractivity contribution < 1.29 is 33.3 Å². The maximum absolute atomic E-state index is 12.4. The predicted octanol–water partition coefficient (Wildman–Crippen LogP) is 2.01. The van der Waals surface area contributed by atoms with Crippen molar-refractivity contribution in [2.24, 2.45) is 0 Å². The third kappa shape index (κ3) is 4.99. The summed E-state index contributed by atoms with van der Waals surface area (Å²) in [6.45, 7) is 2.55. The summed E-state index contributed by atoms with van der Waals surface area (Å²) in [4.78, 5) is 36.4. The van der Waals surface area contributed by atoms with Gasteiger partial charge in [-0.25, -0.2) is 4.79 Å². The van der Waals surface area contributed by atoms with Gasteiger partial charge < -0.3 is 29.6 Å². The van der Waals surface area contributed by atoms with E-state index in [-0.39, 0.29) is 11.5 Å². The highest BCUT2D eigenvalue weighted by atomic mass is 16.6. The minimum absolute atomic E-state index is 0.169. The number of rotatable bonds is 7. The van der Waals surface area contributed by atoms with Gasteiger partial charge in [-0.3, -0.25) is 9.59 Å². The van der Waals surface area contributed by atoms with E-state index in [2.05, 4.69) is 10.6 Å². The van der Waals surface area contributed by atoms with Crippen LogP contribution in [0.2, 0.25) is 0 Å². The monoisotopic (exact) mass is 414 g/mol. The summed E-state index contributed by atoms with van der Waals surface area (Å²) in [5.41, 5.74) is 0.998. The van der Waals surface area contributed by atoms with Crippen molar-refractivity contribution >= 4 is 23.5 Å². The van der Waals surface area contributed by atoms with Crippen LogP contribution in [0.25, 0.3) is 0 Å². The molecule has 2 aromatic carbocycles. The van der Waals surface area contributed by atoms with Gasteiger partial charge in [-0.1, -0.05) is 6.07 Å². The number of amides is 2. The van der Waals surface area contributed by atoms with Crippen LogP contribution in [0.4, 0.5) is 5.69 Å². The largest absolute Gasteiger partial charge is 0.493 e. The summed E-state index contributed by atoms with van der Waals surface area (Å²) in [5, 5.41) is 5.27. The van der Waals surface area contributed by atoms with Crippen LogP contribution in [0.1, 0.15) is 27.6 Å². The lowest BCUT2D eigenvalue weighted by atomic mass is 10.1. The van der Waals surface area contributed by atoms with Crippen molar-refractivity contribution in [1.29, 1.82) is 0 Å². The van der Waals surface area contributed by atoms with Crippen LogP contribution >= 0.6 is 0 Å². The summed E-state index contributed by atoms with van der Waals surface area (Å²) in [7, 11) is 1.45. The molecule has 2 N–H and O–H groups in total. The second-order valence-electron chi connectivity index (χ2n) is 6.27. The molecule has 0 aromatic heterocycles. The van der Waals surface area contributed by atoms with E-state index in [1.807, 2.05) is 6.92 Å². The number of carbonyl (C=O) groups excluding carboxylic acids is 3. The van der Waals surface area contributed by atoms with E-state index in [9.17, 15) is 14.4 Å². The highest BCUT2D eigenvalue weighted by molar-refractivity contribution is 5.98. The number of nitrogens with one attached hydrogen (secondary N) is 2. The molecule has 158 valence electrons. The standard InChI is InChI=1S/C21H22N2O7/c1-3-22-20(25)13-5-4-6-15(9-13)23-18(24)12-30-21(26)14-10-16(27-2)19-17(11-14)28-7-8-29-19/h4-6,9-11H,3,7-8,12H2,1-2H3,(H,22,25)(H,23,24). The molecule has 0 saturated carbocycles. The van der Waals surface area contributed by atoms with Crippen LogP contribution in [0.5, 0.6) is 17.2 Å². The van der Waals surface area contributed by atoms with E-state index >= 15 is 0 Å². The van der Waals surface area contributed by atoms with E-state index in [0.29, 0.717) is 48.3 Å². The number of hydrogen-bond acceptors (Lipinski definition) is 7. The quantitative estimate of drug-likeness (QED) is 0.667. The number of ether oxygens (including phenoxy) is 4. The van der Waals surface area contributed by atoms with Crippen LogP contribution in [0.3, 0.4) is 0 Å². The second-order valence-corrected chi connectivity index (χ2v) is 6.27. The lowest BCUT2D eigenvalue weighted by Gasteiger charge is -2.21. The van der Waals surface area contributed by atoms with Gasteiger partial charge in [0.05, 0.1) is 12.7 Å². The molecule has 3 rings (SSSR count). The first-order valence-electron chi connectivity index (χ1n) is 9.34. The molecule has 9 heteroatoms. The molecule has 1 aliphatic rings. The summed E-state index contributed by atoms with van der Waals surface area (Å²) in [6, 6.07) is 9.39. The Morgan fingerprint density at radius 2 is 1.87 bits per heavy atom. The van der Waals surface area contributed by atoms with Crippen LogP contribution < -0.4 is 24.8 Å². The van der Waals surface area contributed by atoms with Crippen LogP contribution in [0, 0.1) is 0 Å². The Balaban J connectivity index is 1.61. The topological polar surface area (TPSA) is 112 Å². The van der Waals surface area contributed by atoms with Gasteiger partial charge in [0, 0.05) is 17.8 Å². The van der Waals surface area contributed by atoms with Crippen molar-refractivity contribution in [1.82, 2.24) is 5.32 Å². The SMILES string of the molecule is CCNC(=O)c1cccc(NC(=O)COC(=O)c2cc(OC)c3c(c2)OCCO3)c1. The first-order valence-corrected chi connectivity index (χ1v) is 9.34. The van der Waals surface area contributed by atoms with Crippen LogP contribution in [-0.4, -0.2) is 51.3 Å². The number of benzene rings is 2. The van der Waals surface area contributed by atoms with Gasteiger partial charge in [-0.15, -0.1) is 0 Å². The summed E-state index contributed by atoms with van der Waals surface area (Å²) in [5.74, 6) is -0.361. The molecule has 0 fully saturated rings. The highest BCUT2D eigenvalue weighted by Crippen LogP contribution is 2.40. The molecule has 1 heterocycles. The van der Waals surface area contributed by atoms with Gasteiger partial charge >= 0.3 is 5.97 Å². The third-order valence-corrected chi connectivity index (χ3v) is 4.14. The Bertz CT molecular complexity index is 941. The predicted molar refractivity (Wildman–Crippen MR) is 107 cm³/mol. The zero-order valence-electron chi connectivity index (χ0n) is 16.7. The zero-order chi connectivity index (χ0) is 21.5. The molecule has 1 aliphatic heterocycles. The lowest BCUT2D eigenvalue weighted by Crippen LogP contribution is -2.23. The van der Waals surface area contributed by atoms with Crippen molar-refractivity contribution in [3.8, 4) is 17.2 Å². The minimum atomic E-state index is -0.712. The number of fused-ring (bicyclic) bond motifs is 1. The van der Waals surface area contributed by atoms with Gasteiger partial charge in [0.2, 0.25) is 5.75 Å². The van der Waals surface area contributed by atoms with Gasteiger partial charge in [0.25, 0.3) is 11.8 Å². The van der Waals surface area contributed by atoms with Crippen LogP contribution in [-0.2, 0) is 9.53 Å². The van der Waals surface area contributed by atoms with Crippen LogP contribution in [0.15, 0.2) is 36.4 Å². The van der Waals surface area contributed by atoms with E-state index in [1.54, 1.807) is 18.2 Å². The summed E-state index contributed by atoms with van der Waals surface area (Å²) >= 11 is 0. The molecule has 9 nitrogen and oxygen atoms in total. The second kappa shape index (κ2) is 9.64. The number of carbonyl (C=O) groups is 3. The Morgan fingerprint density at radius 3 is 2.63 bits per heavy atom. The smallest absolute Gasteiger partial charge is 0.338 e. The molecule has 0 saturated heterocycles. The first kappa shape index (κ1) is 21.0. The van der Waals surface area contributed by atoms with E-state index < -0.39 is 18.5 Å². The molecule has 2 aromatic rings. The molecule has 0 radical (unpaired) electrons. The number of methoxy groups -OCH3 is 1. The molecule has 0 bridgehead atoms. The van der Waals surface area contributed by atoms with Gasteiger partial charge in [-0.2, -0.15) is 0 Å². The molecule has 0 atom stereocenters. The molecule has 0 unspecified atom stereocenters. The van der Waals surface area contributed by atoms with E-state index in [4.69, 9.17) is 18.9 Å². The summed E-state index contributed by atoms with van der Waals surface area (Å²) < 4.78 is 21.3. The Hall–Kier alpha value is -3.75. The highest BCUT2D eigenvalue weighted by Gasteiger charge is 2.22. The fourth-order valence-electron chi connectivity index (χ4n) is 2.80. The average Bonchev–Trinajstić information content (AvgIpc) is 2.77. The maximum atomic E-state index is 12.4. The van der Waals surface area contributed by atoms with Crippen molar-refractivity contribution in [3.05, 3.63) is 47.5 Å². The fourth-order valence-corrected chi connectivity index (χ4v) is 2.80. The number of anilines is 1. The molecular weight excluding hydrogens is 392 g/mol. The van der Waals surface area contributed by atoms with E-state index in [0.717, 1.165) is 0 Å². The lowest BCUT2D eigenvalue weighted by molar-refractivity contribution is -0.119. The molecule has 30 heavy (non-hydrogen) atoms. The van der Waals surface area contributed by atoms with Gasteiger partial charge in [0.1, 0.15) is 13.2 Å². The Kier molecular flexibility index (Phi) is 6.74. The Morgan fingerprint density at radius 1 is 1.07 bits per heavy atom. The number of hydrogen-bond donors (Lipinski definition) is 2. The first-order chi connectivity index (χ1) is 14.5. The van der Waals surface area contributed by atoms with Gasteiger partial charge in [-0.05, 0) is 37.3 Å². The normalized spacial score (nSPS) is 11.9. The Labute approximate surface area is 173 Å². The van der Waals surface area contributed by atoms with Crippen molar-refractivity contribution in [2.45, 2.75) is 6.92 Å². The molecule has 0 aliphatic carbocycles. The molecule has 2 amide bonds. The minimum Gasteiger partial charge on any atom is -0.493 e. The fraction of sp³-hybridized carbons (Fsp3) is 0.286. The zero-order valence-corrected chi connectivity index (χ0v) is 16.7. The van der Waals surface area contributed by atoms with E-state index in [1.165, 1.54) is 25.3 Å². The van der Waals surface area contributed by atoms with Crippen molar-refractivity contribution in [3.63, 3.8) is 0 Å². The summed E-state index contributed by atoms with van der Waals surface area (Å²) in [6.07, 6.45) is 0. The molecule has 0 spiro atoms. The average molecular weight is 414 g/mol. The van der Waals surface area contributed by atoms with Crippen molar-refractivity contribution in [2.75, 3.05) is 38.8 Å². The molecular formula is C21H22N2O7. The van der Waals surface area contributed by atoms with Gasteiger partial charge in [0.15, 0.2) is 18.1 Å². The number of esters is 1. The maximum Gasteiger partial charge on any atom is 0.338 e.